The molecule has 1 N–H and O–H groups in total. The van der Waals surface area contributed by atoms with Crippen LogP contribution in [-0.4, -0.2) is 20.5 Å². The van der Waals surface area contributed by atoms with Gasteiger partial charge in [-0.05, 0) is 46.3 Å². The fourth-order valence-corrected chi connectivity index (χ4v) is 2.39. The SMILES string of the molecule is O=C(OCc1cc(=O)n2cc(Br)ccc2n1)c1cccc(O)c1. The molecule has 0 unspecified atom stereocenters. The zero-order chi connectivity index (χ0) is 16.4. The Kier molecular flexibility index (Phi) is 4.12. The number of benzene rings is 1. The number of fused-ring (bicyclic) bond motifs is 1. The number of halogens is 1. The molecule has 3 rings (SSSR count). The zero-order valence-electron chi connectivity index (χ0n) is 11.8. The van der Waals surface area contributed by atoms with Crippen LogP contribution < -0.4 is 5.56 Å². The number of esters is 1. The lowest BCUT2D eigenvalue weighted by molar-refractivity contribution is 0.0467. The minimum Gasteiger partial charge on any atom is -0.508 e. The highest BCUT2D eigenvalue weighted by Crippen LogP contribution is 2.13. The van der Waals surface area contributed by atoms with Crippen LogP contribution in [0, 0.1) is 0 Å². The van der Waals surface area contributed by atoms with E-state index in [2.05, 4.69) is 20.9 Å². The molecule has 0 saturated heterocycles. The van der Waals surface area contributed by atoms with Gasteiger partial charge < -0.3 is 9.84 Å². The van der Waals surface area contributed by atoms with E-state index in [0.29, 0.717) is 11.3 Å². The van der Waals surface area contributed by atoms with Crippen molar-refractivity contribution in [2.45, 2.75) is 6.61 Å². The molecule has 0 amide bonds. The van der Waals surface area contributed by atoms with Gasteiger partial charge in [-0.25, -0.2) is 9.78 Å². The molecule has 23 heavy (non-hydrogen) atoms. The van der Waals surface area contributed by atoms with Gasteiger partial charge in [0.05, 0.1) is 11.3 Å². The van der Waals surface area contributed by atoms with Crippen molar-refractivity contribution < 1.29 is 14.6 Å². The van der Waals surface area contributed by atoms with Crippen molar-refractivity contribution in [3.05, 3.63) is 74.7 Å². The van der Waals surface area contributed by atoms with Crippen molar-refractivity contribution in [3.63, 3.8) is 0 Å². The Morgan fingerprint density at radius 1 is 1.26 bits per heavy atom. The highest BCUT2D eigenvalue weighted by molar-refractivity contribution is 9.10. The van der Waals surface area contributed by atoms with Gasteiger partial charge in [-0.1, -0.05) is 6.07 Å². The number of ether oxygens (including phenoxy) is 1. The molecule has 0 aliphatic heterocycles. The van der Waals surface area contributed by atoms with Crippen LogP contribution in [0.3, 0.4) is 0 Å². The average Bonchev–Trinajstić information content (AvgIpc) is 2.53. The quantitative estimate of drug-likeness (QED) is 0.712. The maximum Gasteiger partial charge on any atom is 0.338 e. The van der Waals surface area contributed by atoms with Gasteiger partial charge in [-0.2, -0.15) is 0 Å². The number of carbonyl (C=O) groups is 1. The van der Waals surface area contributed by atoms with Crippen molar-refractivity contribution in [2.75, 3.05) is 0 Å². The topological polar surface area (TPSA) is 80.9 Å². The van der Waals surface area contributed by atoms with Gasteiger partial charge >= 0.3 is 5.97 Å². The highest BCUT2D eigenvalue weighted by Gasteiger charge is 2.10. The lowest BCUT2D eigenvalue weighted by Crippen LogP contribution is -2.16. The van der Waals surface area contributed by atoms with E-state index < -0.39 is 5.97 Å². The normalized spacial score (nSPS) is 10.7. The van der Waals surface area contributed by atoms with E-state index >= 15 is 0 Å². The summed E-state index contributed by atoms with van der Waals surface area (Å²) in [5, 5.41) is 9.36. The first kappa shape index (κ1) is 15.2. The summed E-state index contributed by atoms with van der Waals surface area (Å²) in [4.78, 5) is 28.2. The van der Waals surface area contributed by atoms with Crippen LogP contribution in [0.4, 0.5) is 0 Å². The molecule has 0 bridgehead atoms. The van der Waals surface area contributed by atoms with Crippen molar-refractivity contribution in [2.24, 2.45) is 0 Å². The Hall–Kier alpha value is -2.67. The fraction of sp³-hybridized carbons (Fsp3) is 0.0625. The number of phenolic OH excluding ortho intramolecular Hbond substituents is 1. The van der Waals surface area contributed by atoms with E-state index in [4.69, 9.17) is 4.74 Å². The summed E-state index contributed by atoms with van der Waals surface area (Å²) in [5.41, 5.74) is 0.779. The summed E-state index contributed by atoms with van der Waals surface area (Å²) < 4.78 is 7.28. The third kappa shape index (κ3) is 3.40. The van der Waals surface area contributed by atoms with E-state index in [-0.39, 0.29) is 23.5 Å². The summed E-state index contributed by atoms with van der Waals surface area (Å²) in [6.45, 7) is -0.129. The molecule has 7 heteroatoms. The molecule has 0 fully saturated rings. The van der Waals surface area contributed by atoms with E-state index in [9.17, 15) is 14.7 Å². The van der Waals surface area contributed by atoms with Gasteiger partial charge in [0, 0.05) is 16.7 Å². The zero-order valence-corrected chi connectivity index (χ0v) is 13.4. The van der Waals surface area contributed by atoms with Crippen LogP contribution in [0.15, 0.2) is 57.9 Å². The number of aromatic nitrogens is 2. The van der Waals surface area contributed by atoms with Gasteiger partial charge in [-0.15, -0.1) is 0 Å². The molecule has 0 aliphatic rings. The van der Waals surface area contributed by atoms with E-state index in [1.807, 2.05) is 0 Å². The number of hydrogen-bond acceptors (Lipinski definition) is 5. The van der Waals surface area contributed by atoms with Crippen molar-refractivity contribution >= 4 is 27.5 Å². The summed E-state index contributed by atoms with van der Waals surface area (Å²) in [5.74, 6) is -0.620. The first-order chi connectivity index (χ1) is 11.0. The molecule has 2 heterocycles. The monoisotopic (exact) mass is 374 g/mol. The molecule has 1 aromatic carbocycles. The third-order valence-corrected chi connectivity index (χ3v) is 3.58. The smallest absolute Gasteiger partial charge is 0.338 e. The standard InChI is InChI=1S/C16H11BrN2O4/c17-11-4-5-14-18-12(7-15(21)19(14)8-11)9-23-16(22)10-2-1-3-13(20)6-10/h1-8,20H,9H2. The van der Waals surface area contributed by atoms with Gasteiger partial charge in [0.1, 0.15) is 18.0 Å². The van der Waals surface area contributed by atoms with E-state index in [0.717, 1.165) is 4.47 Å². The minimum atomic E-state index is -0.598. The number of carbonyl (C=O) groups excluding carboxylic acids is 1. The number of hydrogen-bond donors (Lipinski definition) is 1. The largest absolute Gasteiger partial charge is 0.508 e. The Balaban J connectivity index is 1.81. The molecule has 3 aromatic rings. The molecule has 6 nitrogen and oxygen atoms in total. The van der Waals surface area contributed by atoms with Crippen molar-refractivity contribution in [3.8, 4) is 5.75 Å². The second-order valence-corrected chi connectivity index (χ2v) is 5.70. The van der Waals surface area contributed by atoms with Crippen LogP contribution in [0.1, 0.15) is 16.1 Å². The molecule has 2 aromatic heterocycles. The Morgan fingerprint density at radius 2 is 2.09 bits per heavy atom. The second kappa shape index (κ2) is 6.21. The van der Waals surface area contributed by atoms with Gasteiger partial charge in [0.2, 0.25) is 0 Å². The van der Waals surface area contributed by atoms with Crippen LogP contribution >= 0.6 is 15.9 Å². The number of phenols is 1. The van der Waals surface area contributed by atoms with Crippen molar-refractivity contribution in [1.82, 2.24) is 9.38 Å². The van der Waals surface area contributed by atoms with Gasteiger partial charge in [-0.3, -0.25) is 9.20 Å². The number of aromatic hydroxyl groups is 1. The highest BCUT2D eigenvalue weighted by atomic mass is 79.9. The maximum absolute atomic E-state index is 12.0. The van der Waals surface area contributed by atoms with Gasteiger partial charge in [0.25, 0.3) is 5.56 Å². The minimum absolute atomic E-state index is 0.0212. The van der Waals surface area contributed by atoms with Gasteiger partial charge in [0.15, 0.2) is 0 Å². The number of rotatable bonds is 3. The Labute approximate surface area is 139 Å². The summed E-state index contributed by atoms with van der Waals surface area (Å²) in [7, 11) is 0. The van der Waals surface area contributed by atoms with E-state index in [1.54, 1.807) is 24.4 Å². The van der Waals surface area contributed by atoms with Crippen LogP contribution in [0.5, 0.6) is 5.75 Å². The summed E-state index contributed by atoms with van der Waals surface area (Å²) >= 11 is 3.29. The predicted molar refractivity (Wildman–Crippen MR) is 86.4 cm³/mol. The first-order valence-corrected chi connectivity index (χ1v) is 7.46. The number of nitrogens with zero attached hydrogens (tertiary/aromatic N) is 2. The third-order valence-electron chi connectivity index (χ3n) is 3.11. The molecule has 0 aliphatic carbocycles. The lowest BCUT2D eigenvalue weighted by Gasteiger charge is -2.06. The first-order valence-electron chi connectivity index (χ1n) is 6.67. The van der Waals surface area contributed by atoms with Crippen molar-refractivity contribution in [1.29, 1.82) is 0 Å². The number of pyridine rings is 1. The molecular formula is C16H11BrN2O4. The fourth-order valence-electron chi connectivity index (χ4n) is 2.06. The Morgan fingerprint density at radius 3 is 2.87 bits per heavy atom. The molecule has 0 atom stereocenters. The Bertz CT molecular complexity index is 952. The predicted octanol–water partition coefficient (Wildman–Crippen LogP) is 2.52. The van der Waals surface area contributed by atoms with Crippen LogP contribution in [0.2, 0.25) is 0 Å². The van der Waals surface area contributed by atoms with E-state index in [1.165, 1.54) is 28.7 Å². The summed E-state index contributed by atoms with van der Waals surface area (Å²) in [6, 6.07) is 10.6. The average molecular weight is 375 g/mol. The molecule has 0 radical (unpaired) electrons. The maximum atomic E-state index is 12.0. The summed E-state index contributed by atoms with van der Waals surface area (Å²) in [6.07, 6.45) is 1.62. The second-order valence-electron chi connectivity index (χ2n) is 4.79. The lowest BCUT2D eigenvalue weighted by atomic mass is 10.2. The molecule has 116 valence electrons. The van der Waals surface area contributed by atoms with Crippen LogP contribution in [-0.2, 0) is 11.3 Å². The van der Waals surface area contributed by atoms with Crippen LogP contribution in [0.25, 0.3) is 5.65 Å². The molecule has 0 spiro atoms. The molecular weight excluding hydrogens is 364 g/mol. The molecule has 0 saturated carbocycles.